The van der Waals surface area contributed by atoms with Gasteiger partial charge < -0.3 is 10.4 Å². The number of β-amino-alcohol motifs (C(OH)–C–C–N with tert-alkyl or cyclic N) is 1. The molecule has 1 aliphatic heterocycles. The smallest absolute Gasteiger partial charge is 0.0812 e. The third kappa shape index (κ3) is 2.63. The minimum absolute atomic E-state index is 0.538. The van der Waals surface area contributed by atoms with Gasteiger partial charge in [-0.1, -0.05) is 31.2 Å². The van der Waals surface area contributed by atoms with E-state index in [0.29, 0.717) is 0 Å². The second-order valence-corrected chi connectivity index (χ2v) is 4.80. The van der Waals surface area contributed by atoms with Crippen LogP contribution in [0.2, 0.25) is 0 Å². The summed E-state index contributed by atoms with van der Waals surface area (Å²) in [4.78, 5) is 0. The SMILES string of the molecule is CCc1ccccc1CC1(O)CCCNC1. The summed E-state index contributed by atoms with van der Waals surface area (Å²) in [5, 5.41) is 13.8. The van der Waals surface area contributed by atoms with Crippen LogP contribution in [0.3, 0.4) is 0 Å². The fourth-order valence-corrected chi connectivity index (χ4v) is 2.53. The van der Waals surface area contributed by atoms with Gasteiger partial charge in [-0.3, -0.25) is 0 Å². The molecule has 0 aliphatic carbocycles. The topological polar surface area (TPSA) is 32.3 Å². The van der Waals surface area contributed by atoms with E-state index in [-0.39, 0.29) is 0 Å². The van der Waals surface area contributed by atoms with Crippen LogP contribution in [0.1, 0.15) is 30.9 Å². The lowest BCUT2D eigenvalue weighted by molar-refractivity contribution is 0.0168. The molecule has 0 aromatic heterocycles. The second kappa shape index (κ2) is 4.98. The summed E-state index contributed by atoms with van der Waals surface area (Å²) in [6.07, 6.45) is 3.81. The number of benzene rings is 1. The van der Waals surface area contributed by atoms with Gasteiger partial charge >= 0.3 is 0 Å². The minimum atomic E-state index is -0.538. The highest BCUT2D eigenvalue weighted by Crippen LogP contribution is 2.23. The Kier molecular flexibility index (Phi) is 3.62. The maximum Gasteiger partial charge on any atom is 0.0812 e. The number of hydrogen-bond acceptors (Lipinski definition) is 2. The van der Waals surface area contributed by atoms with Gasteiger partial charge in [0.2, 0.25) is 0 Å². The van der Waals surface area contributed by atoms with Gasteiger partial charge in [0, 0.05) is 13.0 Å². The number of piperidine rings is 1. The van der Waals surface area contributed by atoms with Crippen molar-refractivity contribution in [1.29, 1.82) is 0 Å². The summed E-state index contributed by atoms with van der Waals surface area (Å²) in [7, 11) is 0. The quantitative estimate of drug-likeness (QED) is 0.814. The van der Waals surface area contributed by atoms with Crippen LogP contribution in [0.4, 0.5) is 0 Å². The molecule has 1 aromatic rings. The summed E-state index contributed by atoms with van der Waals surface area (Å²) in [6.45, 7) is 3.94. The zero-order valence-electron chi connectivity index (χ0n) is 10.00. The fourth-order valence-electron chi connectivity index (χ4n) is 2.53. The zero-order valence-corrected chi connectivity index (χ0v) is 10.00. The van der Waals surface area contributed by atoms with Crippen molar-refractivity contribution in [2.24, 2.45) is 0 Å². The number of rotatable bonds is 3. The fraction of sp³-hybridized carbons (Fsp3) is 0.571. The summed E-state index contributed by atoms with van der Waals surface area (Å²) in [5.41, 5.74) is 2.13. The van der Waals surface area contributed by atoms with Crippen molar-refractivity contribution in [2.75, 3.05) is 13.1 Å². The highest BCUT2D eigenvalue weighted by Gasteiger charge is 2.29. The number of nitrogens with one attached hydrogen (secondary N) is 1. The van der Waals surface area contributed by atoms with Gasteiger partial charge in [0.25, 0.3) is 0 Å². The average molecular weight is 219 g/mol. The molecular formula is C14H21NO. The second-order valence-electron chi connectivity index (χ2n) is 4.80. The van der Waals surface area contributed by atoms with Crippen LogP contribution in [0.15, 0.2) is 24.3 Å². The molecule has 2 nitrogen and oxygen atoms in total. The van der Waals surface area contributed by atoms with E-state index in [1.54, 1.807) is 0 Å². The van der Waals surface area contributed by atoms with Crippen molar-refractivity contribution >= 4 is 0 Å². The first-order chi connectivity index (χ1) is 7.73. The zero-order chi connectivity index (χ0) is 11.4. The first kappa shape index (κ1) is 11.6. The van der Waals surface area contributed by atoms with Crippen LogP contribution >= 0.6 is 0 Å². The molecule has 1 unspecified atom stereocenters. The normalized spacial score (nSPS) is 25.6. The molecular weight excluding hydrogens is 198 g/mol. The molecule has 1 saturated heterocycles. The highest BCUT2D eigenvalue weighted by molar-refractivity contribution is 5.28. The first-order valence-corrected chi connectivity index (χ1v) is 6.23. The van der Waals surface area contributed by atoms with Crippen LogP contribution in [0, 0.1) is 0 Å². The molecule has 2 heteroatoms. The van der Waals surface area contributed by atoms with Crippen LogP contribution < -0.4 is 5.32 Å². The monoisotopic (exact) mass is 219 g/mol. The molecule has 88 valence electrons. The number of aryl methyl sites for hydroxylation is 1. The van der Waals surface area contributed by atoms with E-state index in [0.717, 1.165) is 38.8 Å². The molecule has 0 radical (unpaired) electrons. The molecule has 0 bridgehead atoms. The Bertz CT molecular complexity index is 342. The van der Waals surface area contributed by atoms with Gasteiger partial charge in [-0.25, -0.2) is 0 Å². The maximum absolute atomic E-state index is 10.5. The number of hydrogen-bond donors (Lipinski definition) is 2. The van der Waals surface area contributed by atoms with Crippen molar-refractivity contribution in [2.45, 2.75) is 38.2 Å². The maximum atomic E-state index is 10.5. The van der Waals surface area contributed by atoms with E-state index >= 15 is 0 Å². The van der Waals surface area contributed by atoms with Gasteiger partial charge in [-0.05, 0) is 36.9 Å². The molecule has 1 heterocycles. The highest BCUT2D eigenvalue weighted by atomic mass is 16.3. The molecule has 0 amide bonds. The van der Waals surface area contributed by atoms with Crippen LogP contribution in [0.25, 0.3) is 0 Å². The van der Waals surface area contributed by atoms with Crippen molar-refractivity contribution in [3.8, 4) is 0 Å². The standard InChI is InChI=1S/C14H21NO/c1-2-12-6-3-4-7-13(12)10-14(16)8-5-9-15-11-14/h3-4,6-7,15-16H,2,5,8-11H2,1H3. The van der Waals surface area contributed by atoms with Crippen LogP contribution in [-0.4, -0.2) is 23.8 Å². The first-order valence-electron chi connectivity index (χ1n) is 6.23. The lowest BCUT2D eigenvalue weighted by Gasteiger charge is -2.33. The Morgan fingerprint density at radius 2 is 2.06 bits per heavy atom. The van der Waals surface area contributed by atoms with Gasteiger partial charge in [-0.15, -0.1) is 0 Å². The Morgan fingerprint density at radius 1 is 1.31 bits per heavy atom. The van der Waals surface area contributed by atoms with Gasteiger partial charge in [0.15, 0.2) is 0 Å². The van der Waals surface area contributed by atoms with E-state index in [9.17, 15) is 5.11 Å². The molecule has 16 heavy (non-hydrogen) atoms. The van der Waals surface area contributed by atoms with E-state index < -0.39 is 5.60 Å². The van der Waals surface area contributed by atoms with E-state index in [2.05, 4.69) is 36.5 Å². The number of aliphatic hydroxyl groups is 1. The lowest BCUT2D eigenvalue weighted by atomic mass is 9.85. The van der Waals surface area contributed by atoms with Gasteiger partial charge in [0.05, 0.1) is 5.60 Å². The molecule has 1 aliphatic rings. The van der Waals surface area contributed by atoms with Crippen LogP contribution in [-0.2, 0) is 12.8 Å². The van der Waals surface area contributed by atoms with Crippen LogP contribution in [0.5, 0.6) is 0 Å². The van der Waals surface area contributed by atoms with E-state index in [1.165, 1.54) is 11.1 Å². The molecule has 2 rings (SSSR count). The van der Waals surface area contributed by atoms with Crippen molar-refractivity contribution in [1.82, 2.24) is 5.32 Å². The molecule has 0 saturated carbocycles. The molecule has 1 atom stereocenters. The van der Waals surface area contributed by atoms with Crippen molar-refractivity contribution < 1.29 is 5.11 Å². The Morgan fingerprint density at radius 3 is 2.69 bits per heavy atom. The molecule has 1 aromatic carbocycles. The summed E-state index contributed by atoms with van der Waals surface area (Å²) in [5.74, 6) is 0. The predicted octanol–water partition coefficient (Wildman–Crippen LogP) is 1.91. The van der Waals surface area contributed by atoms with Crippen molar-refractivity contribution in [3.05, 3.63) is 35.4 Å². The lowest BCUT2D eigenvalue weighted by Crippen LogP contribution is -2.47. The molecule has 1 fully saturated rings. The van der Waals surface area contributed by atoms with Crippen molar-refractivity contribution in [3.63, 3.8) is 0 Å². The molecule has 2 N–H and O–H groups in total. The molecule has 0 spiro atoms. The Labute approximate surface area is 97.7 Å². The summed E-state index contributed by atoms with van der Waals surface area (Å²) >= 11 is 0. The summed E-state index contributed by atoms with van der Waals surface area (Å²) < 4.78 is 0. The third-order valence-corrected chi connectivity index (χ3v) is 3.47. The largest absolute Gasteiger partial charge is 0.388 e. The average Bonchev–Trinajstić information content (AvgIpc) is 2.30. The van der Waals surface area contributed by atoms with E-state index in [1.807, 2.05) is 0 Å². The third-order valence-electron chi connectivity index (χ3n) is 3.47. The Hall–Kier alpha value is -0.860. The summed E-state index contributed by atoms with van der Waals surface area (Å²) in [6, 6.07) is 8.44. The Balaban J connectivity index is 2.12. The van der Waals surface area contributed by atoms with Gasteiger partial charge in [-0.2, -0.15) is 0 Å². The van der Waals surface area contributed by atoms with Gasteiger partial charge in [0.1, 0.15) is 0 Å². The minimum Gasteiger partial charge on any atom is -0.388 e. The predicted molar refractivity (Wildman–Crippen MR) is 66.6 cm³/mol. The van der Waals surface area contributed by atoms with E-state index in [4.69, 9.17) is 0 Å².